The number of halogens is 3. The monoisotopic (exact) mass is 293 g/mol. The van der Waals surface area contributed by atoms with Crippen molar-refractivity contribution in [2.75, 3.05) is 6.54 Å². The third kappa shape index (κ3) is 3.84. The van der Waals surface area contributed by atoms with Gasteiger partial charge in [-0.1, -0.05) is 12.1 Å². The normalized spacial score (nSPS) is 10.5. The Labute approximate surface area is 120 Å². The van der Waals surface area contributed by atoms with Gasteiger partial charge in [0.1, 0.15) is 17.5 Å². The molecule has 21 heavy (non-hydrogen) atoms. The molecule has 0 spiro atoms. The van der Waals surface area contributed by atoms with E-state index in [1.807, 2.05) is 0 Å². The first-order valence-electron chi connectivity index (χ1n) is 6.49. The van der Waals surface area contributed by atoms with Crippen molar-refractivity contribution in [3.8, 4) is 0 Å². The van der Waals surface area contributed by atoms with Crippen molar-refractivity contribution in [1.82, 2.24) is 4.90 Å². The highest BCUT2D eigenvalue weighted by atomic mass is 19.1. The number of nitrogens with zero attached hydrogens (tertiary/aromatic N) is 1. The van der Waals surface area contributed by atoms with Crippen LogP contribution in [0.15, 0.2) is 42.5 Å². The van der Waals surface area contributed by atoms with Crippen LogP contribution in [0, 0.1) is 17.5 Å². The van der Waals surface area contributed by atoms with E-state index in [4.69, 9.17) is 0 Å². The van der Waals surface area contributed by atoms with E-state index in [0.717, 1.165) is 12.1 Å². The lowest BCUT2D eigenvalue weighted by Gasteiger charge is -2.21. The maximum absolute atomic E-state index is 13.2. The summed E-state index contributed by atoms with van der Waals surface area (Å²) in [5.41, 5.74) is 0.549. The molecule has 2 aromatic rings. The first-order chi connectivity index (χ1) is 9.99. The Hall–Kier alpha value is -2.30. The zero-order valence-corrected chi connectivity index (χ0v) is 11.4. The van der Waals surface area contributed by atoms with Crippen molar-refractivity contribution in [2.24, 2.45) is 0 Å². The van der Waals surface area contributed by atoms with Crippen molar-refractivity contribution < 1.29 is 18.0 Å². The average molecular weight is 293 g/mol. The molecule has 1 amide bonds. The SMILES string of the molecule is CCN(Cc1cccc(F)c1)C(=O)c1cc(F)cc(F)c1. The van der Waals surface area contributed by atoms with Crippen molar-refractivity contribution >= 4 is 5.91 Å². The van der Waals surface area contributed by atoms with E-state index < -0.39 is 23.4 Å². The lowest BCUT2D eigenvalue weighted by Crippen LogP contribution is -2.30. The molecule has 0 heterocycles. The van der Waals surface area contributed by atoms with Crippen molar-refractivity contribution in [3.63, 3.8) is 0 Å². The number of hydrogen-bond acceptors (Lipinski definition) is 1. The number of rotatable bonds is 4. The molecule has 0 radical (unpaired) electrons. The fourth-order valence-corrected chi connectivity index (χ4v) is 2.04. The number of carbonyl (C=O) groups is 1. The van der Waals surface area contributed by atoms with Gasteiger partial charge in [0.25, 0.3) is 5.91 Å². The summed E-state index contributed by atoms with van der Waals surface area (Å²) in [4.78, 5) is 13.7. The van der Waals surface area contributed by atoms with E-state index in [-0.39, 0.29) is 12.1 Å². The average Bonchev–Trinajstić information content (AvgIpc) is 2.43. The molecular formula is C16H14F3NO. The molecule has 2 rings (SSSR count). The van der Waals surface area contributed by atoms with E-state index in [1.165, 1.54) is 17.0 Å². The predicted molar refractivity (Wildman–Crippen MR) is 73.2 cm³/mol. The van der Waals surface area contributed by atoms with Gasteiger partial charge < -0.3 is 4.90 Å². The third-order valence-corrected chi connectivity index (χ3v) is 3.04. The summed E-state index contributed by atoms with van der Waals surface area (Å²) in [5, 5.41) is 0. The van der Waals surface area contributed by atoms with Gasteiger partial charge in [-0.25, -0.2) is 13.2 Å². The predicted octanol–water partition coefficient (Wildman–Crippen LogP) is 3.77. The van der Waals surface area contributed by atoms with Crippen LogP contribution in [0.25, 0.3) is 0 Å². The van der Waals surface area contributed by atoms with E-state index in [1.54, 1.807) is 19.1 Å². The first kappa shape index (κ1) is 15.1. The topological polar surface area (TPSA) is 20.3 Å². The second-order valence-corrected chi connectivity index (χ2v) is 4.61. The molecule has 0 unspecified atom stereocenters. The Morgan fingerprint density at radius 3 is 2.24 bits per heavy atom. The third-order valence-electron chi connectivity index (χ3n) is 3.04. The fraction of sp³-hybridized carbons (Fsp3) is 0.188. The minimum atomic E-state index is -0.805. The smallest absolute Gasteiger partial charge is 0.254 e. The van der Waals surface area contributed by atoms with Crippen molar-refractivity contribution in [2.45, 2.75) is 13.5 Å². The molecule has 0 saturated carbocycles. The molecule has 0 N–H and O–H groups in total. The Morgan fingerprint density at radius 1 is 1.00 bits per heavy atom. The molecule has 0 aliphatic rings. The van der Waals surface area contributed by atoms with Gasteiger partial charge in [-0.05, 0) is 36.8 Å². The van der Waals surface area contributed by atoms with Crippen molar-refractivity contribution in [1.29, 1.82) is 0 Å². The summed E-state index contributed by atoms with van der Waals surface area (Å²) >= 11 is 0. The second kappa shape index (κ2) is 6.43. The summed E-state index contributed by atoms with van der Waals surface area (Å²) in [7, 11) is 0. The molecule has 0 fully saturated rings. The van der Waals surface area contributed by atoms with Crippen LogP contribution in [-0.2, 0) is 6.54 Å². The highest BCUT2D eigenvalue weighted by Gasteiger charge is 2.16. The molecule has 0 aromatic heterocycles. The molecular weight excluding hydrogens is 279 g/mol. The summed E-state index contributed by atoms with van der Waals surface area (Å²) in [6.07, 6.45) is 0. The van der Waals surface area contributed by atoms with Crippen LogP contribution in [0.1, 0.15) is 22.8 Å². The Morgan fingerprint density at radius 2 is 1.67 bits per heavy atom. The number of amides is 1. The minimum Gasteiger partial charge on any atom is -0.335 e. The van der Waals surface area contributed by atoms with Crippen LogP contribution in [0.2, 0.25) is 0 Å². The van der Waals surface area contributed by atoms with Gasteiger partial charge in [-0.15, -0.1) is 0 Å². The van der Waals surface area contributed by atoms with Gasteiger partial charge in [0.15, 0.2) is 0 Å². The van der Waals surface area contributed by atoms with E-state index in [2.05, 4.69) is 0 Å². The van der Waals surface area contributed by atoms with Gasteiger partial charge in [0.2, 0.25) is 0 Å². The molecule has 0 atom stereocenters. The van der Waals surface area contributed by atoms with Crippen LogP contribution >= 0.6 is 0 Å². The maximum Gasteiger partial charge on any atom is 0.254 e. The van der Waals surface area contributed by atoms with Crippen LogP contribution in [0.3, 0.4) is 0 Å². The van der Waals surface area contributed by atoms with E-state index >= 15 is 0 Å². The fourth-order valence-electron chi connectivity index (χ4n) is 2.04. The molecule has 0 saturated heterocycles. The zero-order valence-electron chi connectivity index (χ0n) is 11.4. The maximum atomic E-state index is 13.2. The molecule has 0 bridgehead atoms. The lowest BCUT2D eigenvalue weighted by atomic mass is 10.1. The lowest BCUT2D eigenvalue weighted by molar-refractivity contribution is 0.0751. The molecule has 2 aromatic carbocycles. The van der Waals surface area contributed by atoms with Gasteiger partial charge in [0, 0.05) is 24.7 Å². The van der Waals surface area contributed by atoms with Crippen LogP contribution < -0.4 is 0 Å². The Balaban J connectivity index is 2.22. The largest absolute Gasteiger partial charge is 0.335 e. The number of carbonyl (C=O) groups excluding carboxylic acids is 1. The number of benzene rings is 2. The Kier molecular flexibility index (Phi) is 4.62. The second-order valence-electron chi connectivity index (χ2n) is 4.61. The highest BCUT2D eigenvalue weighted by molar-refractivity contribution is 5.94. The summed E-state index contributed by atoms with van der Waals surface area (Å²) in [6.45, 7) is 2.26. The van der Waals surface area contributed by atoms with Crippen LogP contribution in [-0.4, -0.2) is 17.4 Å². The minimum absolute atomic E-state index is 0.0641. The van der Waals surface area contributed by atoms with Gasteiger partial charge in [0.05, 0.1) is 0 Å². The summed E-state index contributed by atoms with van der Waals surface area (Å²) < 4.78 is 39.5. The quantitative estimate of drug-likeness (QED) is 0.840. The molecule has 5 heteroatoms. The van der Waals surface area contributed by atoms with Crippen LogP contribution in [0.4, 0.5) is 13.2 Å². The summed E-state index contributed by atoms with van der Waals surface area (Å²) in [6, 6.07) is 8.54. The number of hydrogen-bond donors (Lipinski definition) is 0. The van der Waals surface area contributed by atoms with E-state index in [9.17, 15) is 18.0 Å². The van der Waals surface area contributed by atoms with Gasteiger partial charge >= 0.3 is 0 Å². The van der Waals surface area contributed by atoms with Crippen molar-refractivity contribution in [3.05, 3.63) is 71.0 Å². The molecule has 110 valence electrons. The molecule has 0 aliphatic carbocycles. The zero-order chi connectivity index (χ0) is 15.4. The first-order valence-corrected chi connectivity index (χ1v) is 6.49. The standard InChI is InChI=1S/C16H14F3NO/c1-2-20(10-11-4-3-5-13(17)6-11)16(21)12-7-14(18)9-15(19)8-12/h3-9H,2,10H2,1H3. The molecule has 0 aliphatic heterocycles. The van der Waals surface area contributed by atoms with Gasteiger partial charge in [-0.2, -0.15) is 0 Å². The van der Waals surface area contributed by atoms with Crippen LogP contribution in [0.5, 0.6) is 0 Å². The van der Waals surface area contributed by atoms with E-state index in [0.29, 0.717) is 18.2 Å². The highest BCUT2D eigenvalue weighted by Crippen LogP contribution is 2.14. The molecule has 2 nitrogen and oxygen atoms in total. The Bertz CT molecular complexity index is 637. The van der Waals surface area contributed by atoms with Gasteiger partial charge in [-0.3, -0.25) is 4.79 Å². The summed E-state index contributed by atoms with van der Waals surface area (Å²) in [5.74, 6) is -2.51.